The Balaban J connectivity index is 1.68. The van der Waals surface area contributed by atoms with E-state index in [9.17, 15) is 22.7 Å². The Morgan fingerprint density at radius 1 is 1.28 bits per heavy atom. The summed E-state index contributed by atoms with van der Waals surface area (Å²) in [5.41, 5.74) is -1.10. The Labute approximate surface area is 163 Å². The number of likely N-dealkylation sites (tertiary alicyclic amines) is 1. The van der Waals surface area contributed by atoms with Crippen molar-refractivity contribution < 1.29 is 22.7 Å². The van der Waals surface area contributed by atoms with E-state index in [1.165, 1.54) is 17.8 Å². The van der Waals surface area contributed by atoms with E-state index in [2.05, 4.69) is 15.1 Å². The lowest BCUT2D eigenvalue weighted by Crippen LogP contribution is -2.32. The third-order valence-corrected chi connectivity index (χ3v) is 5.11. The molecule has 0 saturated carbocycles. The summed E-state index contributed by atoms with van der Waals surface area (Å²) in [6, 6.07) is 1.61. The Morgan fingerprint density at radius 3 is 2.66 bits per heavy atom. The van der Waals surface area contributed by atoms with Gasteiger partial charge in [-0.3, -0.25) is 4.68 Å². The SMILES string of the molecule is Cc1cc(C(F)(F)F)cc(O)c1-c1cnc2cn(CC3(F)CCN(C)C3)nc2n1. The van der Waals surface area contributed by atoms with Crippen LogP contribution in [0.1, 0.15) is 17.5 Å². The zero-order chi connectivity index (χ0) is 21.0. The highest BCUT2D eigenvalue weighted by atomic mass is 19.4. The molecule has 1 fully saturated rings. The zero-order valence-corrected chi connectivity index (χ0v) is 15.8. The molecule has 0 bridgehead atoms. The van der Waals surface area contributed by atoms with Crippen LogP contribution >= 0.6 is 0 Å². The zero-order valence-electron chi connectivity index (χ0n) is 15.8. The first-order valence-corrected chi connectivity index (χ1v) is 9.03. The van der Waals surface area contributed by atoms with Gasteiger partial charge in [0.15, 0.2) is 5.65 Å². The van der Waals surface area contributed by atoms with Crippen LogP contribution in [0, 0.1) is 6.92 Å². The number of hydrogen-bond donors (Lipinski definition) is 1. The van der Waals surface area contributed by atoms with Crippen LogP contribution in [0.5, 0.6) is 5.75 Å². The molecule has 1 N–H and O–H groups in total. The fraction of sp³-hybridized carbons (Fsp3) is 0.421. The molecule has 10 heteroatoms. The molecule has 29 heavy (non-hydrogen) atoms. The normalized spacial score (nSPS) is 20.6. The van der Waals surface area contributed by atoms with Crippen molar-refractivity contribution >= 4 is 11.2 Å². The van der Waals surface area contributed by atoms with Crippen LogP contribution < -0.4 is 0 Å². The standard InChI is InChI=1S/C19H19F4N5O/c1-11-5-12(19(21,22)23)6-15(29)16(11)13-7-24-14-8-28(26-17(14)25-13)10-18(20)3-4-27(2)9-18/h5-8,29H,3-4,9-10H2,1-2H3. The molecule has 1 saturated heterocycles. The quantitative estimate of drug-likeness (QED) is 0.670. The number of benzene rings is 1. The van der Waals surface area contributed by atoms with Crippen molar-refractivity contribution in [1.29, 1.82) is 0 Å². The number of rotatable bonds is 3. The second-order valence-corrected chi connectivity index (χ2v) is 7.61. The molecular weight excluding hydrogens is 390 g/mol. The predicted molar refractivity (Wildman–Crippen MR) is 98.1 cm³/mol. The lowest BCUT2D eigenvalue weighted by Gasteiger charge is -2.18. The van der Waals surface area contributed by atoms with Gasteiger partial charge in [0.1, 0.15) is 16.9 Å². The summed E-state index contributed by atoms with van der Waals surface area (Å²) < 4.78 is 55.1. The average molecular weight is 409 g/mol. The number of fused-ring (bicyclic) bond motifs is 1. The summed E-state index contributed by atoms with van der Waals surface area (Å²) >= 11 is 0. The van der Waals surface area contributed by atoms with E-state index in [0.717, 1.165) is 6.07 Å². The van der Waals surface area contributed by atoms with Crippen LogP contribution in [0.3, 0.4) is 0 Å². The third-order valence-electron chi connectivity index (χ3n) is 5.11. The molecule has 154 valence electrons. The van der Waals surface area contributed by atoms with Gasteiger partial charge >= 0.3 is 6.18 Å². The summed E-state index contributed by atoms with van der Waals surface area (Å²) in [7, 11) is 1.86. The van der Waals surface area contributed by atoms with Gasteiger partial charge in [0.2, 0.25) is 0 Å². The van der Waals surface area contributed by atoms with E-state index in [4.69, 9.17) is 0 Å². The van der Waals surface area contributed by atoms with Crippen LogP contribution in [-0.2, 0) is 12.7 Å². The maximum atomic E-state index is 14.9. The van der Waals surface area contributed by atoms with Crippen LogP contribution in [-0.4, -0.2) is 55.6 Å². The van der Waals surface area contributed by atoms with Crippen molar-refractivity contribution in [1.82, 2.24) is 24.6 Å². The number of phenolic OH excluding ortho intramolecular Hbond substituents is 1. The Kier molecular flexibility index (Phi) is 4.49. The number of alkyl halides is 4. The molecule has 6 nitrogen and oxygen atoms in total. The Morgan fingerprint density at radius 2 is 2.03 bits per heavy atom. The number of nitrogens with zero attached hydrogens (tertiary/aromatic N) is 5. The minimum absolute atomic E-state index is 0.0648. The van der Waals surface area contributed by atoms with Gasteiger partial charge < -0.3 is 10.0 Å². The molecule has 1 unspecified atom stereocenters. The smallest absolute Gasteiger partial charge is 0.416 e. The van der Waals surface area contributed by atoms with Crippen molar-refractivity contribution in [3.05, 3.63) is 35.7 Å². The first-order chi connectivity index (χ1) is 13.5. The predicted octanol–water partition coefficient (Wildman–Crippen LogP) is 3.57. The summed E-state index contributed by atoms with van der Waals surface area (Å²) in [4.78, 5) is 10.5. The van der Waals surface area contributed by atoms with E-state index >= 15 is 0 Å². The van der Waals surface area contributed by atoms with E-state index in [-0.39, 0.29) is 29.0 Å². The number of aromatic nitrogens is 4. The van der Waals surface area contributed by atoms with Crippen molar-refractivity contribution in [2.24, 2.45) is 0 Å². The molecule has 0 radical (unpaired) electrons. The summed E-state index contributed by atoms with van der Waals surface area (Å²) in [5.74, 6) is -0.540. The second kappa shape index (κ2) is 6.65. The highest BCUT2D eigenvalue weighted by Gasteiger charge is 2.37. The third kappa shape index (κ3) is 3.76. The van der Waals surface area contributed by atoms with Gasteiger partial charge in [-0.25, -0.2) is 14.4 Å². The van der Waals surface area contributed by atoms with Crippen LogP contribution in [0.4, 0.5) is 17.6 Å². The van der Waals surface area contributed by atoms with Gasteiger partial charge in [-0.2, -0.15) is 18.3 Å². The van der Waals surface area contributed by atoms with Crippen LogP contribution in [0.25, 0.3) is 22.4 Å². The number of aryl methyl sites for hydroxylation is 1. The molecule has 0 amide bonds. The summed E-state index contributed by atoms with van der Waals surface area (Å²) in [6.07, 6.45) is -1.21. The Bertz CT molecular complexity index is 1060. The highest BCUT2D eigenvalue weighted by molar-refractivity contribution is 5.77. The van der Waals surface area contributed by atoms with Crippen molar-refractivity contribution in [3.63, 3.8) is 0 Å². The first-order valence-electron chi connectivity index (χ1n) is 9.03. The fourth-order valence-electron chi connectivity index (χ4n) is 3.76. The average Bonchev–Trinajstić information content (AvgIpc) is 3.15. The monoisotopic (exact) mass is 409 g/mol. The number of phenols is 1. The molecule has 1 aliphatic rings. The van der Waals surface area contributed by atoms with Gasteiger partial charge in [0.25, 0.3) is 0 Å². The highest BCUT2D eigenvalue weighted by Crippen LogP contribution is 2.38. The number of aromatic hydroxyl groups is 1. The van der Waals surface area contributed by atoms with E-state index < -0.39 is 23.2 Å². The lowest BCUT2D eigenvalue weighted by molar-refractivity contribution is -0.137. The van der Waals surface area contributed by atoms with Gasteiger partial charge in [0, 0.05) is 18.7 Å². The molecular formula is C19H19F4N5O. The largest absolute Gasteiger partial charge is 0.507 e. The van der Waals surface area contributed by atoms with Crippen molar-refractivity contribution in [3.8, 4) is 17.0 Å². The minimum atomic E-state index is -4.56. The molecule has 0 spiro atoms. The maximum Gasteiger partial charge on any atom is 0.416 e. The Hall–Kier alpha value is -2.75. The number of halogens is 4. The van der Waals surface area contributed by atoms with E-state index in [0.29, 0.717) is 31.1 Å². The van der Waals surface area contributed by atoms with Crippen molar-refractivity contribution in [2.75, 3.05) is 20.1 Å². The van der Waals surface area contributed by atoms with E-state index in [1.54, 1.807) is 6.20 Å². The van der Waals surface area contributed by atoms with Gasteiger partial charge in [-0.05, 0) is 38.1 Å². The first kappa shape index (κ1) is 19.6. The lowest BCUT2D eigenvalue weighted by atomic mass is 10.0. The topological polar surface area (TPSA) is 67.1 Å². The molecule has 1 atom stereocenters. The van der Waals surface area contributed by atoms with Crippen LogP contribution in [0.2, 0.25) is 0 Å². The van der Waals surface area contributed by atoms with Gasteiger partial charge in [-0.1, -0.05) is 0 Å². The molecule has 0 aliphatic carbocycles. The van der Waals surface area contributed by atoms with E-state index in [1.807, 2.05) is 11.9 Å². The molecule has 1 aromatic carbocycles. The molecule has 2 aromatic heterocycles. The summed E-state index contributed by atoms with van der Waals surface area (Å²) in [6.45, 7) is 2.51. The van der Waals surface area contributed by atoms with Crippen LogP contribution in [0.15, 0.2) is 24.5 Å². The number of hydrogen-bond acceptors (Lipinski definition) is 5. The maximum absolute atomic E-state index is 14.9. The molecule has 3 heterocycles. The molecule has 3 aromatic rings. The van der Waals surface area contributed by atoms with Gasteiger partial charge in [-0.15, -0.1) is 0 Å². The second-order valence-electron chi connectivity index (χ2n) is 7.61. The van der Waals surface area contributed by atoms with Crippen molar-refractivity contribution in [2.45, 2.75) is 31.7 Å². The fourth-order valence-corrected chi connectivity index (χ4v) is 3.76. The minimum Gasteiger partial charge on any atom is -0.507 e. The van der Waals surface area contributed by atoms with Gasteiger partial charge in [0.05, 0.1) is 30.2 Å². The molecule has 1 aliphatic heterocycles. The summed E-state index contributed by atoms with van der Waals surface area (Å²) in [5, 5.41) is 14.4. The molecule has 4 rings (SSSR count).